The molecule has 0 aromatic carbocycles. The van der Waals surface area contributed by atoms with Gasteiger partial charge in [-0.3, -0.25) is 9.59 Å². The number of hydrogen-bond acceptors (Lipinski definition) is 2. The molecule has 0 saturated carbocycles. The number of rotatable bonds is 10. The lowest BCUT2D eigenvalue weighted by Gasteiger charge is -2.18. The summed E-state index contributed by atoms with van der Waals surface area (Å²) >= 11 is 0. The Kier molecular flexibility index (Phi) is 8.93. The fourth-order valence-corrected chi connectivity index (χ4v) is 2.17. The van der Waals surface area contributed by atoms with Crippen molar-refractivity contribution in [2.45, 2.75) is 53.4 Å². The van der Waals surface area contributed by atoms with Crippen molar-refractivity contribution in [3.05, 3.63) is 12.2 Å². The lowest BCUT2D eigenvalue weighted by Crippen LogP contribution is -2.14. The molecule has 0 amide bonds. The molecule has 0 spiro atoms. The normalized spacial score (nSPS) is 14.9. The number of carbonyl (C=O) groups is 2. The van der Waals surface area contributed by atoms with Crippen LogP contribution in [-0.4, -0.2) is 22.2 Å². The molecule has 0 heterocycles. The quantitative estimate of drug-likeness (QED) is 0.598. The van der Waals surface area contributed by atoms with Crippen molar-refractivity contribution in [2.24, 2.45) is 23.7 Å². The highest BCUT2D eigenvalue weighted by molar-refractivity contribution is 5.67. The molecule has 4 nitrogen and oxygen atoms in total. The van der Waals surface area contributed by atoms with E-state index < -0.39 is 11.9 Å². The van der Waals surface area contributed by atoms with Crippen LogP contribution in [0.15, 0.2) is 12.2 Å². The van der Waals surface area contributed by atoms with Gasteiger partial charge in [0.15, 0.2) is 0 Å². The first-order chi connectivity index (χ1) is 9.23. The van der Waals surface area contributed by atoms with E-state index in [9.17, 15) is 9.59 Å². The van der Waals surface area contributed by atoms with Crippen LogP contribution in [0.5, 0.6) is 0 Å². The third-order valence-corrected chi connectivity index (χ3v) is 3.80. The number of carboxylic acids is 2. The molecule has 0 rings (SSSR count). The number of allylic oxidation sites excluding steroid dienone is 2. The Bertz CT molecular complexity index is 299. The Morgan fingerprint density at radius 3 is 1.30 bits per heavy atom. The summed E-state index contributed by atoms with van der Waals surface area (Å²) in [5.74, 6) is -0.584. The second-order valence-electron chi connectivity index (χ2n) is 6.15. The maximum Gasteiger partial charge on any atom is 0.303 e. The molecule has 0 radical (unpaired) electrons. The van der Waals surface area contributed by atoms with Gasteiger partial charge in [-0.1, -0.05) is 39.8 Å². The van der Waals surface area contributed by atoms with Crippen LogP contribution in [0, 0.1) is 23.7 Å². The van der Waals surface area contributed by atoms with Gasteiger partial charge in [0.05, 0.1) is 0 Å². The van der Waals surface area contributed by atoms with Gasteiger partial charge in [0.2, 0.25) is 0 Å². The average molecular weight is 284 g/mol. The summed E-state index contributed by atoms with van der Waals surface area (Å²) in [6.07, 6.45) is 5.86. The second-order valence-corrected chi connectivity index (χ2v) is 6.15. The van der Waals surface area contributed by atoms with Crippen LogP contribution >= 0.6 is 0 Å². The Labute approximate surface area is 121 Å². The second kappa shape index (κ2) is 9.56. The van der Waals surface area contributed by atoms with Gasteiger partial charge in [0.25, 0.3) is 0 Å². The summed E-state index contributed by atoms with van der Waals surface area (Å²) < 4.78 is 0. The van der Waals surface area contributed by atoms with Gasteiger partial charge in [-0.2, -0.15) is 0 Å². The van der Waals surface area contributed by atoms with Gasteiger partial charge in [-0.15, -0.1) is 0 Å². The average Bonchev–Trinajstić information content (AvgIpc) is 2.29. The van der Waals surface area contributed by atoms with E-state index >= 15 is 0 Å². The van der Waals surface area contributed by atoms with E-state index in [4.69, 9.17) is 10.2 Å². The minimum absolute atomic E-state index is 0.140. The van der Waals surface area contributed by atoms with Crippen LogP contribution in [0.1, 0.15) is 53.4 Å². The molecule has 0 fully saturated rings. The molecule has 0 saturated heterocycles. The van der Waals surface area contributed by atoms with Gasteiger partial charge >= 0.3 is 11.9 Å². The van der Waals surface area contributed by atoms with Crippen molar-refractivity contribution in [3.63, 3.8) is 0 Å². The summed E-state index contributed by atoms with van der Waals surface area (Å²) in [7, 11) is 0. The third kappa shape index (κ3) is 8.73. The summed E-state index contributed by atoms with van der Waals surface area (Å²) in [6, 6.07) is 0. The van der Waals surface area contributed by atoms with Gasteiger partial charge < -0.3 is 10.2 Å². The van der Waals surface area contributed by atoms with Crippen LogP contribution in [-0.2, 0) is 9.59 Å². The maximum atomic E-state index is 10.8. The fraction of sp³-hybridized carbons (Fsp3) is 0.750. The van der Waals surface area contributed by atoms with Crippen molar-refractivity contribution in [1.82, 2.24) is 0 Å². The molecule has 0 bridgehead atoms. The fourth-order valence-electron chi connectivity index (χ4n) is 2.17. The van der Waals surface area contributed by atoms with E-state index in [0.29, 0.717) is 11.8 Å². The van der Waals surface area contributed by atoms with Gasteiger partial charge in [0, 0.05) is 12.8 Å². The third-order valence-electron chi connectivity index (χ3n) is 3.80. The Balaban J connectivity index is 4.32. The lowest BCUT2D eigenvalue weighted by atomic mass is 9.87. The number of carboxylic acid groups (broad SMARTS) is 2. The Morgan fingerprint density at radius 2 is 1.10 bits per heavy atom. The largest absolute Gasteiger partial charge is 0.481 e. The van der Waals surface area contributed by atoms with Crippen molar-refractivity contribution < 1.29 is 19.8 Å². The van der Waals surface area contributed by atoms with Crippen molar-refractivity contribution in [2.75, 3.05) is 0 Å². The minimum Gasteiger partial charge on any atom is -0.481 e. The Morgan fingerprint density at radius 1 is 0.800 bits per heavy atom. The molecule has 0 aliphatic rings. The highest BCUT2D eigenvalue weighted by atomic mass is 16.4. The molecular formula is C16H28O4. The zero-order chi connectivity index (χ0) is 15.7. The van der Waals surface area contributed by atoms with Crippen LogP contribution in [0.25, 0.3) is 0 Å². The van der Waals surface area contributed by atoms with E-state index in [1.165, 1.54) is 0 Å². The molecular weight excluding hydrogens is 256 g/mol. The SMILES string of the molecule is CC(C)[C@@H](C/C=C/C[C@@H](CC(=O)O)C(C)C)CC(=O)O. The smallest absolute Gasteiger partial charge is 0.303 e. The first-order valence-electron chi connectivity index (χ1n) is 7.32. The van der Waals surface area contributed by atoms with E-state index in [0.717, 1.165) is 12.8 Å². The number of aliphatic carboxylic acids is 2. The van der Waals surface area contributed by atoms with Crippen molar-refractivity contribution in [1.29, 1.82) is 0 Å². The van der Waals surface area contributed by atoms with Gasteiger partial charge in [-0.05, 0) is 36.5 Å². The van der Waals surface area contributed by atoms with Crippen LogP contribution in [0.2, 0.25) is 0 Å². The molecule has 2 atom stereocenters. The van der Waals surface area contributed by atoms with E-state index in [1.54, 1.807) is 0 Å². The van der Waals surface area contributed by atoms with E-state index in [2.05, 4.69) is 0 Å². The molecule has 0 aromatic heterocycles. The molecule has 0 unspecified atom stereocenters. The van der Waals surface area contributed by atoms with Crippen LogP contribution < -0.4 is 0 Å². The zero-order valence-corrected chi connectivity index (χ0v) is 13.0. The Hall–Kier alpha value is -1.32. The summed E-state index contributed by atoms with van der Waals surface area (Å²) in [5.41, 5.74) is 0. The topological polar surface area (TPSA) is 74.6 Å². The van der Waals surface area contributed by atoms with Crippen LogP contribution in [0.3, 0.4) is 0 Å². The number of hydrogen-bond donors (Lipinski definition) is 2. The first kappa shape index (κ1) is 18.7. The van der Waals surface area contributed by atoms with E-state index in [-0.39, 0.29) is 24.7 Å². The highest BCUT2D eigenvalue weighted by Crippen LogP contribution is 2.22. The van der Waals surface area contributed by atoms with Gasteiger partial charge in [0.1, 0.15) is 0 Å². The molecule has 116 valence electrons. The molecule has 0 aliphatic carbocycles. The monoisotopic (exact) mass is 284 g/mol. The van der Waals surface area contributed by atoms with Crippen molar-refractivity contribution in [3.8, 4) is 0 Å². The first-order valence-corrected chi connectivity index (χ1v) is 7.32. The predicted molar refractivity (Wildman–Crippen MR) is 79.5 cm³/mol. The lowest BCUT2D eigenvalue weighted by molar-refractivity contribution is -0.139. The molecule has 4 heteroatoms. The molecule has 20 heavy (non-hydrogen) atoms. The minimum atomic E-state index is -0.761. The van der Waals surface area contributed by atoms with Crippen molar-refractivity contribution >= 4 is 11.9 Å². The van der Waals surface area contributed by atoms with E-state index in [1.807, 2.05) is 39.8 Å². The summed E-state index contributed by atoms with van der Waals surface area (Å²) in [5, 5.41) is 17.7. The highest BCUT2D eigenvalue weighted by Gasteiger charge is 2.17. The summed E-state index contributed by atoms with van der Waals surface area (Å²) in [4.78, 5) is 21.6. The predicted octanol–water partition coefficient (Wildman–Crippen LogP) is 3.82. The van der Waals surface area contributed by atoms with Crippen LogP contribution in [0.4, 0.5) is 0 Å². The standard InChI is InChI=1S/C16H28O4/c1-11(2)13(9-15(17)18)7-5-6-8-14(12(3)4)10-16(19)20/h5-6,11-14H,7-10H2,1-4H3,(H,17,18)(H,19,20)/b6-5+/t13-,14-/m0/s1. The molecule has 0 aromatic rings. The summed E-state index contributed by atoms with van der Waals surface area (Å²) in [6.45, 7) is 8.12. The maximum absolute atomic E-state index is 10.8. The molecule has 0 aliphatic heterocycles. The zero-order valence-electron chi connectivity index (χ0n) is 13.0. The molecule has 2 N–H and O–H groups in total. The van der Waals surface area contributed by atoms with Gasteiger partial charge in [-0.25, -0.2) is 0 Å².